The number of aromatic nitrogens is 3. The van der Waals surface area contributed by atoms with Crippen LogP contribution >= 0.6 is 15.9 Å². The summed E-state index contributed by atoms with van der Waals surface area (Å²) < 4.78 is 2.15. The van der Waals surface area contributed by atoms with Gasteiger partial charge in [0.25, 0.3) is 0 Å². The van der Waals surface area contributed by atoms with E-state index in [9.17, 15) is 4.79 Å². The van der Waals surface area contributed by atoms with Crippen molar-refractivity contribution < 1.29 is 4.79 Å². The fourth-order valence-electron chi connectivity index (χ4n) is 3.41. The molecule has 2 atom stereocenters. The minimum atomic E-state index is 0.132. The van der Waals surface area contributed by atoms with Gasteiger partial charge in [0.1, 0.15) is 5.69 Å². The largest absolute Gasteiger partial charge is 0.300 e. The van der Waals surface area contributed by atoms with Gasteiger partial charge in [0, 0.05) is 25.0 Å². The average Bonchev–Trinajstić information content (AvgIpc) is 2.76. The van der Waals surface area contributed by atoms with Crippen LogP contribution in [0.2, 0.25) is 0 Å². The van der Waals surface area contributed by atoms with Crippen LogP contribution in [0.25, 0.3) is 0 Å². The molecular weight excluding hydrogens is 296 g/mol. The number of rotatable bonds is 2. The Labute approximate surface area is 115 Å². The van der Waals surface area contributed by atoms with E-state index in [0.29, 0.717) is 22.4 Å². The zero-order chi connectivity index (χ0) is 12.9. The summed E-state index contributed by atoms with van der Waals surface area (Å²) in [5.74, 6) is 0.326. The maximum Gasteiger partial charge on any atom is 0.186 e. The molecule has 2 unspecified atom stereocenters. The van der Waals surface area contributed by atoms with E-state index in [1.165, 1.54) is 12.8 Å². The lowest BCUT2D eigenvalue weighted by molar-refractivity contribution is 0.0757. The van der Waals surface area contributed by atoms with Crippen molar-refractivity contribution >= 4 is 21.7 Å². The summed E-state index contributed by atoms with van der Waals surface area (Å²) >= 11 is 3.32. The summed E-state index contributed by atoms with van der Waals surface area (Å²) in [7, 11) is 3.96. The zero-order valence-corrected chi connectivity index (χ0v) is 12.2. The predicted octanol–water partition coefficient (Wildman–Crippen LogP) is 1.63. The van der Waals surface area contributed by atoms with Gasteiger partial charge in [-0.05, 0) is 48.7 Å². The van der Waals surface area contributed by atoms with Crippen molar-refractivity contribution in [1.29, 1.82) is 0 Å². The molecule has 0 aromatic carbocycles. The van der Waals surface area contributed by atoms with E-state index in [0.717, 1.165) is 12.8 Å². The molecule has 2 fully saturated rings. The third kappa shape index (κ3) is 1.82. The third-order valence-corrected chi connectivity index (χ3v) is 5.02. The van der Waals surface area contributed by atoms with E-state index in [-0.39, 0.29) is 11.7 Å². The Morgan fingerprint density at radius 1 is 1.28 bits per heavy atom. The van der Waals surface area contributed by atoms with Gasteiger partial charge in [0.15, 0.2) is 10.4 Å². The van der Waals surface area contributed by atoms with Crippen LogP contribution in [0, 0.1) is 5.92 Å². The van der Waals surface area contributed by atoms with Crippen LogP contribution in [0.1, 0.15) is 36.2 Å². The summed E-state index contributed by atoms with van der Waals surface area (Å²) in [6.45, 7) is 0. The first-order valence-electron chi connectivity index (χ1n) is 6.39. The number of hydrogen-bond acceptors (Lipinski definition) is 4. The highest BCUT2D eigenvalue weighted by Gasteiger charge is 2.41. The standard InChI is InChI=1S/C12H17BrN4O/c1-16-8-3-4-9(16)6-7(5-8)11(18)10-12(13)14-15-17(10)2/h7-9H,3-6H2,1-2H3. The smallest absolute Gasteiger partial charge is 0.186 e. The van der Waals surface area contributed by atoms with E-state index < -0.39 is 0 Å². The van der Waals surface area contributed by atoms with E-state index in [4.69, 9.17) is 0 Å². The number of carbonyl (C=O) groups excluding carboxylic acids is 1. The second kappa shape index (κ2) is 4.42. The maximum absolute atomic E-state index is 12.6. The Kier molecular flexibility index (Phi) is 3.02. The molecule has 1 aromatic heterocycles. The first kappa shape index (κ1) is 12.3. The molecule has 5 nitrogen and oxygen atoms in total. The van der Waals surface area contributed by atoms with Gasteiger partial charge in [-0.3, -0.25) is 4.79 Å². The molecule has 2 bridgehead atoms. The Morgan fingerprint density at radius 2 is 1.89 bits per heavy atom. The van der Waals surface area contributed by atoms with Gasteiger partial charge in [0.05, 0.1) is 0 Å². The molecule has 1 aromatic rings. The first-order chi connectivity index (χ1) is 8.58. The lowest BCUT2D eigenvalue weighted by atomic mass is 9.86. The Hall–Kier alpha value is -0.750. The molecule has 6 heteroatoms. The zero-order valence-electron chi connectivity index (χ0n) is 10.6. The second-order valence-electron chi connectivity index (χ2n) is 5.44. The molecule has 0 radical (unpaired) electrons. The van der Waals surface area contributed by atoms with Crippen LogP contribution in [0.4, 0.5) is 0 Å². The molecular formula is C12H17BrN4O. The van der Waals surface area contributed by atoms with E-state index in [1.807, 2.05) is 0 Å². The highest BCUT2D eigenvalue weighted by molar-refractivity contribution is 9.10. The Balaban J connectivity index is 1.83. The van der Waals surface area contributed by atoms with Gasteiger partial charge in [-0.15, -0.1) is 5.10 Å². The van der Waals surface area contributed by atoms with Gasteiger partial charge in [0.2, 0.25) is 0 Å². The van der Waals surface area contributed by atoms with Crippen LogP contribution in [0.15, 0.2) is 4.60 Å². The van der Waals surface area contributed by atoms with Crippen molar-refractivity contribution in [2.24, 2.45) is 13.0 Å². The summed E-state index contributed by atoms with van der Waals surface area (Å²) in [5, 5.41) is 7.79. The normalized spacial score (nSPS) is 31.8. The second-order valence-corrected chi connectivity index (χ2v) is 6.19. The number of Topliss-reactive ketones (excluding diaryl/α,β-unsaturated/α-hetero) is 1. The van der Waals surface area contributed by atoms with Gasteiger partial charge in [-0.25, -0.2) is 4.68 Å². The highest BCUT2D eigenvalue weighted by Crippen LogP contribution is 2.39. The van der Waals surface area contributed by atoms with Gasteiger partial charge < -0.3 is 4.90 Å². The van der Waals surface area contributed by atoms with Crippen molar-refractivity contribution in [1.82, 2.24) is 19.9 Å². The van der Waals surface area contributed by atoms with Gasteiger partial charge in [-0.2, -0.15) is 0 Å². The number of ketones is 1. The Bertz CT molecular complexity index is 453. The van der Waals surface area contributed by atoms with Crippen molar-refractivity contribution in [3.63, 3.8) is 0 Å². The number of nitrogens with zero attached hydrogens (tertiary/aromatic N) is 4. The van der Waals surface area contributed by atoms with E-state index in [2.05, 4.69) is 38.2 Å². The molecule has 3 rings (SSSR count). The average molecular weight is 313 g/mol. The molecule has 2 saturated heterocycles. The molecule has 0 spiro atoms. The van der Waals surface area contributed by atoms with E-state index >= 15 is 0 Å². The lowest BCUT2D eigenvalue weighted by Gasteiger charge is -2.35. The predicted molar refractivity (Wildman–Crippen MR) is 70.3 cm³/mol. The fourth-order valence-corrected chi connectivity index (χ4v) is 3.93. The summed E-state index contributed by atoms with van der Waals surface area (Å²) in [4.78, 5) is 15.0. The number of hydrogen-bond donors (Lipinski definition) is 0. The molecule has 18 heavy (non-hydrogen) atoms. The maximum atomic E-state index is 12.6. The van der Waals surface area contributed by atoms with Gasteiger partial charge >= 0.3 is 0 Å². The van der Waals surface area contributed by atoms with Crippen LogP contribution in [-0.2, 0) is 7.05 Å². The van der Waals surface area contributed by atoms with Gasteiger partial charge in [-0.1, -0.05) is 5.21 Å². The summed E-state index contributed by atoms with van der Waals surface area (Å²) in [5.41, 5.74) is 0.615. The quantitative estimate of drug-likeness (QED) is 0.779. The fraction of sp³-hybridized carbons (Fsp3) is 0.750. The molecule has 2 aliphatic rings. The SMILES string of the molecule is CN1C2CCC1CC(C(=O)c1c(Br)nnn1C)C2. The Morgan fingerprint density at radius 3 is 2.39 bits per heavy atom. The van der Waals surface area contributed by atoms with E-state index in [1.54, 1.807) is 11.7 Å². The number of aryl methyl sites for hydroxylation is 1. The minimum Gasteiger partial charge on any atom is -0.300 e. The number of fused-ring (bicyclic) bond motifs is 2. The molecule has 2 aliphatic heterocycles. The molecule has 0 aliphatic carbocycles. The van der Waals surface area contributed by atoms with Crippen molar-refractivity contribution in [3.8, 4) is 0 Å². The van der Waals surface area contributed by atoms with Crippen molar-refractivity contribution in [2.75, 3.05) is 7.05 Å². The van der Waals surface area contributed by atoms with Crippen molar-refractivity contribution in [2.45, 2.75) is 37.8 Å². The van der Waals surface area contributed by atoms with Crippen molar-refractivity contribution in [3.05, 3.63) is 10.3 Å². The number of carbonyl (C=O) groups is 1. The monoisotopic (exact) mass is 312 g/mol. The van der Waals surface area contributed by atoms with Crippen LogP contribution in [0.5, 0.6) is 0 Å². The lowest BCUT2D eigenvalue weighted by Crippen LogP contribution is -2.42. The summed E-state index contributed by atoms with van der Waals surface area (Å²) in [6.07, 6.45) is 4.42. The third-order valence-electron chi connectivity index (χ3n) is 4.49. The molecule has 0 N–H and O–H groups in total. The van der Waals surface area contributed by atoms with Crippen LogP contribution in [-0.4, -0.2) is 44.8 Å². The summed E-state index contributed by atoms with van der Waals surface area (Å²) in [6, 6.07) is 1.16. The molecule has 0 amide bonds. The molecule has 3 heterocycles. The van der Waals surface area contributed by atoms with Crippen LogP contribution in [0.3, 0.4) is 0 Å². The molecule has 98 valence electrons. The first-order valence-corrected chi connectivity index (χ1v) is 7.18. The number of halogens is 1. The van der Waals surface area contributed by atoms with Crippen LogP contribution < -0.4 is 0 Å². The number of piperidine rings is 1. The topological polar surface area (TPSA) is 51.0 Å². The highest BCUT2D eigenvalue weighted by atomic mass is 79.9. The minimum absolute atomic E-state index is 0.132. The molecule has 0 saturated carbocycles.